The molecule has 0 bridgehead atoms. The first-order valence-corrected chi connectivity index (χ1v) is 11.6. The molecule has 1 aliphatic rings. The maximum absolute atomic E-state index is 12.7. The third-order valence-electron chi connectivity index (χ3n) is 5.05. The molecule has 1 aliphatic heterocycles. The lowest BCUT2D eigenvalue weighted by molar-refractivity contribution is -0.137. The van der Waals surface area contributed by atoms with Gasteiger partial charge in [-0.1, -0.05) is 29.5 Å². The highest BCUT2D eigenvalue weighted by molar-refractivity contribution is 7.89. The number of rotatable bonds is 4. The quantitative estimate of drug-likeness (QED) is 0.669. The highest BCUT2D eigenvalue weighted by Gasteiger charge is 2.32. The molecular weight excluding hydrogens is 465 g/mol. The van der Waals surface area contributed by atoms with Crippen LogP contribution in [0.1, 0.15) is 24.0 Å². The molecule has 1 N–H and O–H groups in total. The van der Waals surface area contributed by atoms with Crippen molar-refractivity contribution in [2.45, 2.75) is 23.9 Å². The van der Waals surface area contributed by atoms with Gasteiger partial charge in [0, 0.05) is 29.6 Å². The van der Waals surface area contributed by atoms with Gasteiger partial charge in [0.2, 0.25) is 15.9 Å². The summed E-state index contributed by atoms with van der Waals surface area (Å²) in [5, 5.41) is 3.08. The summed E-state index contributed by atoms with van der Waals surface area (Å²) in [6.45, 7) is 0.399. The minimum Gasteiger partial charge on any atom is -0.345 e. The van der Waals surface area contributed by atoms with E-state index in [1.54, 1.807) is 0 Å². The zero-order valence-electron chi connectivity index (χ0n) is 16.8. The highest BCUT2D eigenvalue weighted by atomic mass is 35.5. The predicted octanol–water partition coefficient (Wildman–Crippen LogP) is 3.93. The first-order chi connectivity index (χ1) is 15.1. The summed E-state index contributed by atoms with van der Waals surface area (Å²) in [6, 6.07) is 10.6. The highest BCUT2D eigenvalue weighted by Crippen LogP contribution is 2.29. The van der Waals surface area contributed by atoms with Crippen LogP contribution in [0, 0.1) is 17.8 Å². The van der Waals surface area contributed by atoms with Gasteiger partial charge in [-0.25, -0.2) is 8.42 Å². The number of amides is 1. The minimum absolute atomic E-state index is 0.0155. The Bertz CT molecular complexity index is 1130. The van der Waals surface area contributed by atoms with Gasteiger partial charge in [-0.3, -0.25) is 4.79 Å². The third-order valence-corrected chi connectivity index (χ3v) is 7.21. The van der Waals surface area contributed by atoms with E-state index in [4.69, 9.17) is 11.6 Å². The van der Waals surface area contributed by atoms with Gasteiger partial charge in [0.05, 0.1) is 17.0 Å². The fourth-order valence-electron chi connectivity index (χ4n) is 3.31. The largest absolute Gasteiger partial charge is 0.416 e. The Balaban J connectivity index is 1.50. The Morgan fingerprint density at radius 3 is 2.41 bits per heavy atom. The zero-order chi connectivity index (χ0) is 23.4. The first kappa shape index (κ1) is 24.1. The third kappa shape index (κ3) is 6.03. The molecule has 0 spiro atoms. The first-order valence-electron chi connectivity index (χ1n) is 9.77. The fraction of sp³-hybridized carbons (Fsp3) is 0.318. The van der Waals surface area contributed by atoms with Crippen LogP contribution in [-0.4, -0.2) is 38.3 Å². The van der Waals surface area contributed by atoms with Crippen molar-refractivity contribution in [2.24, 2.45) is 5.92 Å². The number of carbonyl (C=O) groups excluding carboxylic acids is 1. The molecule has 1 fully saturated rings. The van der Waals surface area contributed by atoms with E-state index in [-0.39, 0.29) is 41.9 Å². The number of benzene rings is 2. The van der Waals surface area contributed by atoms with Crippen LogP contribution in [0.2, 0.25) is 5.02 Å². The number of hydrogen-bond acceptors (Lipinski definition) is 3. The van der Waals surface area contributed by atoms with Crippen LogP contribution in [-0.2, 0) is 21.0 Å². The van der Waals surface area contributed by atoms with E-state index in [2.05, 4.69) is 17.2 Å². The summed E-state index contributed by atoms with van der Waals surface area (Å²) in [5.41, 5.74) is -0.580. The van der Waals surface area contributed by atoms with Crippen molar-refractivity contribution in [1.82, 2.24) is 9.62 Å². The van der Waals surface area contributed by atoms with Crippen molar-refractivity contribution in [3.05, 3.63) is 64.7 Å². The number of nitrogens with one attached hydrogen (secondary N) is 1. The summed E-state index contributed by atoms with van der Waals surface area (Å²) >= 11 is 5.81. The second kappa shape index (κ2) is 9.94. The van der Waals surface area contributed by atoms with Crippen molar-refractivity contribution < 1.29 is 26.4 Å². The number of halogens is 4. The molecule has 1 saturated heterocycles. The molecule has 1 amide bonds. The lowest BCUT2D eigenvalue weighted by atomic mass is 9.97. The summed E-state index contributed by atoms with van der Waals surface area (Å²) in [6.07, 6.45) is -3.72. The van der Waals surface area contributed by atoms with E-state index < -0.39 is 21.8 Å². The van der Waals surface area contributed by atoms with Crippen molar-refractivity contribution >= 4 is 27.5 Å². The Kier molecular flexibility index (Phi) is 7.49. The summed E-state index contributed by atoms with van der Waals surface area (Å²) < 4.78 is 64.9. The van der Waals surface area contributed by atoms with Gasteiger partial charge in [-0.05, 0) is 55.3 Å². The molecule has 0 atom stereocenters. The summed E-state index contributed by atoms with van der Waals surface area (Å²) in [4.78, 5) is 12.5. The number of piperidine rings is 1. The Hall–Kier alpha value is -2.54. The van der Waals surface area contributed by atoms with Crippen LogP contribution in [0.3, 0.4) is 0 Å². The van der Waals surface area contributed by atoms with Crippen LogP contribution in [0.4, 0.5) is 13.2 Å². The molecule has 2 aromatic rings. The molecule has 2 aromatic carbocycles. The van der Waals surface area contributed by atoms with Crippen molar-refractivity contribution in [1.29, 1.82) is 0 Å². The van der Waals surface area contributed by atoms with Gasteiger partial charge < -0.3 is 5.32 Å². The molecule has 170 valence electrons. The molecule has 10 heteroatoms. The molecule has 0 aliphatic carbocycles. The molecule has 0 saturated carbocycles. The molecular formula is C22H20ClF3N2O3S. The number of alkyl halides is 3. The maximum atomic E-state index is 12.7. The van der Waals surface area contributed by atoms with E-state index in [1.807, 2.05) is 0 Å². The van der Waals surface area contributed by atoms with Gasteiger partial charge in [0.1, 0.15) is 0 Å². The van der Waals surface area contributed by atoms with E-state index in [0.717, 1.165) is 12.1 Å². The Labute approximate surface area is 189 Å². The number of hydrogen-bond donors (Lipinski definition) is 1. The summed E-state index contributed by atoms with van der Waals surface area (Å²) in [5.74, 6) is 4.63. The average Bonchev–Trinajstić information content (AvgIpc) is 2.76. The van der Waals surface area contributed by atoms with Crippen LogP contribution >= 0.6 is 11.6 Å². The van der Waals surface area contributed by atoms with Crippen LogP contribution in [0.15, 0.2) is 53.4 Å². The topological polar surface area (TPSA) is 66.5 Å². The second-order valence-corrected chi connectivity index (χ2v) is 9.60. The lowest BCUT2D eigenvalue weighted by Crippen LogP contribution is -2.43. The molecule has 5 nitrogen and oxygen atoms in total. The predicted molar refractivity (Wildman–Crippen MR) is 114 cm³/mol. The number of nitrogens with zero attached hydrogens (tertiary/aromatic N) is 1. The van der Waals surface area contributed by atoms with Crippen LogP contribution in [0.25, 0.3) is 0 Å². The Morgan fingerprint density at radius 2 is 1.78 bits per heavy atom. The average molecular weight is 485 g/mol. The molecule has 0 unspecified atom stereocenters. The molecule has 0 radical (unpaired) electrons. The minimum atomic E-state index is -4.44. The number of sulfonamides is 1. The van der Waals surface area contributed by atoms with Crippen molar-refractivity contribution in [3.63, 3.8) is 0 Å². The van der Waals surface area contributed by atoms with Gasteiger partial charge in [0.25, 0.3) is 0 Å². The Morgan fingerprint density at radius 1 is 1.12 bits per heavy atom. The van der Waals surface area contributed by atoms with Gasteiger partial charge in [0.15, 0.2) is 0 Å². The van der Waals surface area contributed by atoms with Crippen LogP contribution in [0.5, 0.6) is 0 Å². The van der Waals surface area contributed by atoms with Gasteiger partial charge in [-0.15, -0.1) is 0 Å². The maximum Gasteiger partial charge on any atom is 0.416 e. The lowest BCUT2D eigenvalue weighted by Gasteiger charge is -2.30. The molecule has 3 rings (SSSR count). The fourth-order valence-corrected chi connectivity index (χ4v) is 4.90. The van der Waals surface area contributed by atoms with E-state index in [1.165, 1.54) is 40.7 Å². The second-order valence-electron chi connectivity index (χ2n) is 7.23. The zero-order valence-corrected chi connectivity index (χ0v) is 18.4. The monoisotopic (exact) mass is 484 g/mol. The number of carbonyl (C=O) groups is 1. The van der Waals surface area contributed by atoms with Crippen molar-refractivity contribution in [2.75, 3.05) is 19.6 Å². The SMILES string of the molecule is O=C(NCC#Cc1cccc(C(F)(F)F)c1)C1CCN(S(=O)(=O)c2ccc(Cl)cc2)CC1. The van der Waals surface area contributed by atoms with E-state index in [0.29, 0.717) is 17.9 Å². The molecule has 1 heterocycles. The standard InChI is InChI=1S/C22H20ClF3N2O3S/c23-19-6-8-20(9-7-19)32(30,31)28-13-10-17(11-14-28)21(29)27-12-2-4-16-3-1-5-18(15-16)22(24,25)26/h1,3,5-9,15,17H,10-14H2,(H,27,29). The van der Waals surface area contributed by atoms with E-state index >= 15 is 0 Å². The van der Waals surface area contributed by atoms with E-state index in [9.17, 15) is 26.4 Å². The summed E-state index contributed by atoms with van der Waals surface area (Å²) in [7, 11) is -3.65. The normalized spacial score (nSPS) is 15.6. The van der Waals surface area contributed by atoms with Crippen molar-refractivity contribution in [3.8, 4) is 11.8 Å². The smallest absolute Gasteiger partial charge is 0.345 e. The van der Waals surface area contributed by atoms with Gasteiger partial charge >= 0.3 is 6.18 Å². The van der Waals surface area contributed by atoms with Crippen LogP contribution < -0.4 is 5.32 Å². The van der Waals surface area contributed by atoms with Gasteiger partial charge in [-0.2, -0.15) is 17.5 Å². The molecule has 0 aromatic heterocycles. The molecule has 32 heavy (non-hydrogen) atoms.